The topological polar surface area (TPSA) is 83.5 Å². The summed E-state index contributed by atoms with van der Waals surface area (Å²) in [6.07, 6.45) is 4.27. The molecule has 7 heteroatoms. The molecule has 21 heavy (non-hydrogen) atoms. The first kappa shape index (κ1) is 14.8. The van der Waals surface area contributed by atoms with Gasteiger partial charge in [-0.2, -0.15) is 0 Å². The van der Waals surface area contributed by atoms with Crippen LogP contribution in [0.4, 0.5) is 0 Å². The van der Waals surface area contributed by atoms with E-state index in [1.807, 2.05) is 0 Å². The zero-order valence-electron chi connectivity index (χ0n) is 11.3. The molecule has 3 rings (SSSR count). The molecule has 2 aliphatic carbocycles. The predicted octanol–water partition coefficient (Wildman–Crippen LogP) is 2.51. The molecule has 114 valence electrons. The van der Waals surface area contributed by atoms with Crippen molar-refractivity contribution in [2.45, 2.75) is 36.6 Å². The number of carboxylic acids is 1. The predicted molar refractivity (Wildman–Crippen MR) is 78.0 cm³/mol. The van der Waals surface area contributed by atoms with Gasteiger partial charge < -0.3 is 5.11 Å². The summed E-state index contributed by atoms with van der Waals surface area (Å²) in [5.74, 6) is -0.107. The summed E-state index contributed by atoms with van der Waals surface area (Å²) < 4.78 is 27.5. The number of hydrogen-bond acceptors (Lipinski definition) is 3. The molecule has 1 aromatic rings. The lowest BCUT2D eigenvalue weighted by Crippen LogP contribution is -2.38. The lowest BCUT2D eigenvalue weighted by molar-refractivity contribution is 0.0697. The van der Waals surface area contributed by atoms with Gasteiger partial charge in [0.1, 0.15) is 0 Å². The van der Waals surface area contributed by atoms with Gasteiger partial charge in [-0.1, -0.05) is 18.0 Å². The summed E-state index contributed by atoms with van der Waals surface area (Å²) >= 11 is 5.84. The van der Waals surface area contributed by atoms with Crippen LogP contribution in [0, 0.1) is 11.8 Å². The maximum atomic E-state index is 12.4. The molecule has 0 radical (unpaired) electrons. The number of sulfonamides is 1. The second-order valence-corrected chi connectivity index (χ2v) is 7.97. The van der Waals surface area contributed by atoms with Crippen molar-refractivity contribution in [1.29, 1.82) is 0 Å². The van der Waals surface area contributed by atoms with Crippen LogP contribution in [-0.4, -0.2) is 25.5 Å². The number of halogens is 1. The van der Waals surface area contributed by atoms with Gasteiger partial charge in [0.05, 0.1) is 15.5 Å². The van der Waals surface area contributed by atoms with Gasteiger partial charge in [0.2, 0.25) is 10.0 Å². The summed E-state index contributed by atoms with van der Waals surface area (Å²) in [4.78, 5) is 10.9. The van der Waals surface area contributed by atoms with Crippen LogP contribution in [-0.2, 0) is 10.0 Å². The fourth-order valence-electron chi connectivity index (χ4n) is 3.49. The van der Waals surface area contributed by atoms with Crippen molar-refractivity contribution in [2.75, 3.05) is 0 Å². The SMILES string of the molecule is O=C(O)c1ccc(S(=O)(=O)NC2CC3CCC2C3)cc1Cl. The Morgan fingerprint density at radius 2 is 2.05 bits per heavy atom. The van der Waals surface area contributed by atoms with Crippen LogP contribution >= 0.6 is 11.6 Å². The maximum absolute atomic E-state index is 12.4. The monoisotopic (exact) mass is 329 g/mol. The first-order chi connectivity index (χ1) is 9.87. The molecule has 0 spiro atoms. The number of carbonyl (C=O) groups is 1. The molecule has 2 aliphatic rings. The van der Waals surface area contributed by atoms with Gasteiger partial charge in [0, 0.05) is 6.04 Å². The third-order valence-corrected chi connectivity index (χ3v) is 6.33. The normalized spacial score (nSPS) is 28.0. The Morgan fingerprint density at radius 1 is 1.29 bits per heavy atom. The Hall–Kier alpha value is -1.11. The summed E-state index contributed by atoms with van der Waals surface area (Å²) in [6, 6.07) is 3.69. The van der Waals surface area contributed by atoms with E-state index in [-0.39, 0.29) is 21.5 Å². The minimum atomic E-state index is -3.66. The van der Waals surface area contributed by atoms with Crippen molar-refractivity contribution in [1.82, 2.24) is 4.72 Å². The van der Waals surface area contributed by atoms with Gasteiger partial charge in [-0.05, 0) is 49.3 Å². The molecule has 0 aromatic heterocycles. The molecular formula is C14H16ClNO4S. The largest absolute Gasteiger partial charge is 0.478 e. The highest BCUT2D eigenvalue weighted by Crippen LogP contribution is 2.44. The van der Waals surface area contributed by atoms with Crippen molar-refractivity contribution in [3.63, 3.8) is 0 Å². The van der Waals surface area contributed by atoms with Crippen molar-refractivity contribution in [2.24, 2.45) is 11.8 Å². The third-order valence-electron chi connectivity index (χ3n) is 4.53. The standard InChI is InChI=1S/C14H16ClNO4S/c15-12-7-10(3-4-11(12)14(17)18)21(19,20)16-13-6-8-1-2-9(13)5-8/h3-4,7-9,13,16H,1-2,5-6H2,(H,17,18). The molecule has 2 saturated carbocycles. The average molecular weight is 330 g/mol. The van der Waals surface area contributed by atoms with Crippen LogP contribution in [0.15, 0.2) is 23.1 Å². The van der Waals surface area contributed by atoms with E-state index >= 15 is 0 Å². The van der Waals surface area contributed by atoms with Crippen LogP contribution in [0.3, 0.4) is 0 Å². The third kappa shape index (κ3) is 2.80. The Morgan fingerprint density at radius 3 is 2.57 bits per heavy atom. The lowest BCUT2D eigenvalue weighted by Gasteiger charge is -2.22. The van der Waals surface area contributed by atoms with Gasteiger partial charge in [-0.3, -0.25) is 0 Å². The lowest BCUT2D eigenvalue weighted by atomic mass is 9.96. The first-order valence-electron chi connectivity index (χ1n) is 6.92. The summed E-state index contributed by atoms with van der Waals surface area (Å²) in [7, 11) is -3.66. The molecule has 0 amide bonds. The Balaban J connectivity index is 1.82. The van der Waals surface area contributed by atoms with Gasteiger partial charge in [0.25, 0.3) is 0 Å². The molecule has 2 N–H and O–H groups in total. The van der Waals surface area contributed by atoms with E-state index in [2.05, 4.69) is 4.72 Å². The molecule has 1 aromatic carbocycles. The first-order valence-corrected chi connectivity index (χ1v) is 8.78. The van der Waals surface area contributed by atoms with Crippen LogP contribution in [0.1, 0.15) is 36.0 Å². The second-order valence-electron chi connectivity index (χ2n) is 5.85. The Bertz CT molecular complexity index is 688. The van der Waals surface area contributed by atoms with Gasteiger partial charge in [0.15, 0.2) is 0 Å². The van der Waals surface area contributed by atoms with E-state index in [9.17, 15) is 13.2 Å². The van der Waals surface area contributed by atoms with Crippen LogP contribution in [0.2, 0.25) is 5.02 Å². The van der Waals surface area contributed by atoms with E-state index in [0.29, 0.717) is 11.8 Å². The highest BCUT2D eigenvalue weighted by molar-refractivity contribution is 7.89. The molecular weight excluding hydrogens is 314 g/mol. The zero-order chi connectivity index (χ0) is 15.2. The number of fused-ring (bicyclic) bond motifs is 2. The Labute approximate surface area is 128 Å². The summed E-state index contributed by atoms with van der Waals surface area (Å²) in [5.41, 5.74) is -0.101. The van der Waals surface area contributed by atoms with Crippen LogP contribution in [0.25, 0.3) is 0 Å². The highest BCUT2D eigenvalue weighted by Gasteiger charge is 2.41. The van der Waals surface area contributed by atoms with Crippen LogP contribution in [0.5, 0.6) is 0 Å². The van der Waals surface area contributed by atoms with Crippen molar-refractivity contribution < 1.29 is 18.3 Å². The van der Waals surface area contributed by atoms with E-state index in [1.54, 1.807) is 0 Å². The van der Waals surface area contributed by atoms with E-state index in [0.717, 1.165) is 19.3 Å². The second kappa shape index (κ2) is 5.26. The fraction of sp³-hybridized carbons (Fsp3) is 0.500. The highest BCUT2D eigenvalue weighted by atomic mass is 35.5. The molecule has 0 aliphatic heterocycles. The summed E-state index contributed by atoms with van der Waals surface area (Å²) in [5, 5.41) is 8.84. The molecule has 2 fully saturated rings. The number of nitrogens with one attached hydrogen (secondary N) is 1. The molecule has 3 atom stereocenters. The molecule has 5 nitrogen and oxygen atoms in total. The van der Waals surface area contributed by atoms with Gasteiger partial charge >= 0.3 is 5.97 Å². The van der Waals surface area contributed by atoms with E-state index in [1.165, 1.54) is 24.6 Å². The summed E-state index contributed by atoms with van der Waals surface area (Å²) in [6.45, 7) is 0. The van der Waals surface area contributed by atoms with Crippen molar-refractivity contribution >= 4 is 27.6 Å². The smallest absolute Gasteiger partial charge is 0.337 e. The molecule has 3 unspecified atom stereocenters. The quantitative estimate of drug-likeness (QED) is 0.889. The number of carboxylic acid groups (broad SMARTS) is 1. The molecule has 0 saturated heterocycles. The maximum Gasteiger partial charge on any atom is 0.337 e. The van der Waals surface area contributed by atoms with E-state index in [4.69, 9.17) is 16.7 Å². The van der Waals surface area contributed by atoms with E-state index < -0.39 is 16.0 Å². The zero-order valence-corrected chi connectivity index (χ0v) is 12.8. The number of rotatable bonds is 4. The number of hydrogen-bond donors (Lipinski definition) is 2. The molecule has 2 bridgehead atoms. The van der Waals surface area contributed by atoms with Crippen molar-refractivity contribution in [3.05, 3.63) is 28.8 Å². The fourth-order valence-corrected chi connectivity index (χ4v) is 5.16. The van der Waals surface area contributed by atoms with Crippen molar-refractivity contribution in [3.8, 4) is 0 Å². The molecule has 0 heterocycles. The Kier molecular flexibility index (Phi) is 3.71. The van der Waals surface area contributed by atoms with Gasteiger partial charge in [-0.25, -0.2) is 17.9 Å². The number of benzene rings is 1. The average Bonchev–Trinajstić information content (AvgIpc) is 2.99. The minimum Gasteiger partial charge on any atom is -0.478 e. The van der Waals surface area contributed by atoms with Crippen LogP contribution < -0.4 is 4.72 Å². The minimum absolute atomic E-state index is 0.00771. The van der Waals surface area contributed by atoms with Gasteiger partial charge in [-0.15, -0.1) is 0 Å². The number of aromatic carboxylic acids is 1.